The highest BCUT2D eigenvalue weighted by atomic mass is 79.9. The Kier molecular flexibility index (Phi) is 6.98. The molecule has 1 saturated heterocycles. The number of fused-ring (bicyclic) bond motifs is 1. The molecule has 2 amide bonds. The predicted molar refractivity (Wildman–Crippen MR) is 139 cm³/mol. The van der Waals surface area contributed by atoms with E-state index in [0.717, 1.165) is 27.4 Å². The van der Waals surface area contributed by atoms with Crippen molar-refractivity contribution in [2.45, 2.75) is 13.2 Å². The monoisotopic (exact) mass is 591 g/mol. The molecule has 178 valence electrons. The molecule has 35 heavy (non-hydrogen) atoms. The number of rotatable bonds is 6. The second kappa shape index (κ2) is 10.1. The Balaban J connectivity index is 1.28. The first kappa shape index (κ1) is 24.1. The van der Waals surface area contributed by atoms with Crippen molar-refractivity contribution < 1.29 is 23.8 Å². The molecule has 3 aromatic rings. The summed E-state index contributed by atoms with van der Waals surface area (Å²) in [6.07, 6.45) is 1.68. The minimum atomic E-state index is -0.382. The van der Waals surface area contributed by atoms with Crippen LogP contribution in [0, 0.1) is 0 Å². The summed E-state index contributed by atoms with van der Waals surface area (Å²) in [4.78, 5) is 27.1. The molecule has 2 aliphatic heterocycles. The molecular formula is C25H16BrCl2NO5S. The number of carbonyl (C=O) groups is 2. The van der Waals surface area contributed by atoms with E-state index in [9.17, 15) is 9.59 Å². The molecule has 5 rings (SSSR count). The summed E-state index contributed by atoms with van der Waals surface area (Å²) < 4.78 is 17.3. The fourth-order valence-corrected chi connectivity index (χ4v) is 5.19. The van der Waals surface area contributed by atoms with Crippen LogP contribution in [0.3, 0.4) is 0 Å². The topological polar surface area (TPSA) is 65.1 Å². The minimum Gasteiger partial charge on any atom is -0.488 e. The van der Waals surface area contributed by atoms with E-state index in [2.05, 4.69) is 15.9 Å². The number of benzene rings is 3. The highest BCUT2D eigenvalue weighted by molar-refractivity contribution is 9.10. The van der Waals surface area contributed by atoms with E-state index in [-0.39, 0.29) is 24.5 Å². The van der Waals surface area contributed by atoms with Crippen molar-refractivity contribution in [2.24, 2.45) is 0 Å². The molecule has 1 fully saturated rings. The number of carbonyl (C=O) groups excluding carboxylic acids is 2. The van der Waals surface area contributed by atoms with Crippen LogP contribution in [0.2, 0.25) is 10.0 Å². The van der Waals surface area contributed by atoms with Gasteiger partial charge >= 0.3 is 0 Å². The number of amides is 2. The zero-order valence-electron chi connectivity index (χ0n) is 17.9. The second-order valence-corrected chi connectivity index (χ2v) is 10.4. The Hall–Kier alpha value is -2.65. The molecule has 0 aromatic heterocycles. The Morgan fingerprint density at radius 2 is 1.77 bits per heavy atom. The van der Waals surface area contributed by atoms with Gasteiger partial charge in [-0.3, -0.25) is 14.5 Å². The van der Waals surface area contributed by atoms with Gasteiger partial charge < -0.3 is 14.2 Å². The summed E-state index contributed by atoms with van der Waals surface area (Å²) >= 11 is 16.6. The van der Waals surface area contributed by atoms with Crippen molar-refractivity contribution in [1.82, 2.24) is 4.90 Å². The van der Waals surface area contributed by atoms with Crippen LogP contribution in [0.15, 0.2) is 64.0 Å². The molecule has 0 radical (unpaired) electrons. The molecule has 0 bridgehead atoms. The number of halogens is 3. The summed E-state index contributed by atoms with van der Waals surface area (Å²) in [5.74, 6) is 1.35. The quantitative estimate of drug-likeness (QED) is 0.280. The molecule has 2 heterocycles. The summed E-state index contributed by atoms with van der Waals surface area (Å²) in [6.45, 7) is 0.537. The number of imide groups is 1. The number of ether oxygens (including phenoxy) is 3. The molecule has 2 aliphatic rings. The first-order valence-corrected chi connectivity index (χ1v) is 12.7. The van der Waals surface area contributed by atoms with E-state index < -0.39 is 0 Å². The Morgan fingerprint density at radius 1 is 1.03 bits per heavy atom. The maximum Gasteiger partial charge on any atom is 0.293 e. The lowest BCUT2D eigenvalue weighted by atomic mass is 10.1. The number of thioether (sulfide) groups is 1. The summed E-state index contributed by atoms with van der Waals surface area (Å²) in [5, 5.41) is 0.704. The van der Waals surface area contributed by atoms with Gasteiger partial charge in [-0.25, -0.2) is 0 Å². The third kappa shape index (κ3) is 5.30. The lowest BCUT2D eigenvalue weighted by Gasteiger charge is -2.14. The van der Waals surface area contributed by atoms with Crippen molar-refractivity contribution >= 4 is 68.1 Å². The van der Waals surface area contributed by atoms with Gasteiger partial charge in [0.05, 0.1) is 15.9 Å². The molecular weight excluding hydrogens is 577 g/mol. The van der Waals surface area contributed by atoms with E-state index in [1.54, 1.807) is 18.2 Å². The lowest BCUT2D eigenvalue weighted by Crippen LogP contribution is -2.27. The average molecular weight is 593 g/mol. The van der Waals surface area contributed by atoms with Crippen LogP contribution in [-0.2, 0) is 17.9 Å². The fraction of sp³-hybridized carbons (Fsp3) is 0.120. The predicted octanol–water partition coefficient (Wildman–Crippen LogP) is 7.30. The molecule has 0 spiro atoms. The number of hydrogen-bond acceptors (Lipinski definition) is 6. The van der Waals surface area contributed by atoms with Gasteiger partial charge in [-0.1, -0.05) is 41.4 Å². The molecule has 3 aromatic carbocycles. The number of hydrogen-bond donors (Lipinski definition) is 0. The van der Waals surface area contributed by atoms with Gasteiger partial charge in [-0.2, -0.15) is 0 Å². The fourth-order valence-electron chi connectivity index (χ4n) is 3.50. The third-order valence-corrected chi connectivity index (χ3v) is 7.44. The summed E-state index contributed by atoms with van der Waals surface area (Å²) in [5.41, 5.74) is 2.34. The Morgan fingerprint density at radius 3 is 2.51 bits per heavy atom. The minimum absolute atomic E-state index is 0.0403. The van der Waals surface area contributed by atoms with Gasteiger partial charge in [-0.15, -0.1) is 0 Å². The van der Waals surface area contributed by atoms with Crippen molar-refractivity contribution in [3.05, 3.63) is 90.7 Å². The van der Waals surface area contributed by atoms with Crippen molar-refractivity contribution in [2.75, 3.05) is 6.79 Å². The maximum atomic E-state index is 13.0. The SMILES string of the molecule is O=C1S/C(=C\c2ccc(OCc3ccc(Cl)cc3)c(Br)c2)C(=O)N1Cc1cc2c(cc1Cl)OCO2. The zero-order chi connectivity index (χ0) is 24.5. The zero-order valence-corrected chi connectivity index (χ0v) is 21.8. The highest BCUT2D eigenvalue weighted by Gasteiger charge is 2.35. The van der Waals surface area contributed by atoms with E-state index in [0.29, 0.717) is 44.4 Å². The van der Waals surface area contributed by atoms with E-state index in [1.807, 2.05) is 42.5 Å². The van der Waals surface area contributed by atoms with E-state index in [1.165, 1.54) is 4.90 Å². The van der Waals surface area contributed by atoms with Crippen molar-refractivity contribution in [1.29, 1.82) is 0 Å². The van der Waals surface area contributed by atoms with Crippen LogP contribution < -0.4 is 14.2 Å². The van der Waals surface area contributed by atoms with Crippen LogP contribution in [0.25, 0.3) is 6.08 Å². The van der Waals surface area contributed by atoms with Gasteiger partial charge in [0, 0.05) is 16.1 Å². The molecule has 0 unspecified atom stereocenters. The molecule has 0 N–H and O–H groups in total. The van der Waals surface area contributed by atoms with Crippen LogP contribution in [0.4, 0.5) is 4.79 Å². The van der Waals surface area contributed by atoms with Gasteiger partial charge in [0.15, 0.2) is 11.5 Å². The van der Waals surface area contributed by atoms with Crippen LogP contribution in [-0.4, -0.2) is 22.8 Å². The van der Waals surface area contributed by atoms with Gasteiger partial charge in [0.2, 0.25) is 6.79 Å². The van der Waals surface area contributed by atoms with Crippen molar-refractivity contribution in [3.8, 4) is 17.2 Å². The first-order chi connectivity index (χ1) is 16.9. The van der Waals surface area contributed by atoms with Gasteiger partial charge in [-0.05, 0) is 80.8 Å². The Bertz CT molecular complexity index is 1360. The normalized spacial score (nSPS) is 15.9. The second-order valence-electron chi connectivity index (χ2n) is 7.67. The van der Waals surface area contributed by atoms with Crippen LogP contribution in [0.1, 0.15) is 16.7 Å². The highest BCUT2D eigenvalue weighted by Crippen LogP contribution is 2.39. The third-order valence-electron chi connectivity index (χ3n) is 5.30. The Labute approximate surface area is 223 Å². The maximum absolute atomic E-state index is 13.0. The van der Waals surface area contributed by atoms with E-state index in [4.69, 9.17) is 37.4 Å². The first-order valence-electron chi connectivity index (χ1n) is 10.4. The molecule has 6 nitrogen and oxygen atoms in total. The molecule has 0 saturated carbocycles. The van der Waals surface area contributed by atoms with Gasteiger partial charge in [0.1, 0.15) is 12.4 Å². The number of nitrogens with zero attached hydrogens (tertiary/aromatic N) is 1. The van der Waals surface area contributed by atoms with Crippen LogP contribution in [0.5, 0.6) is 17.2 Å². The lowest BCUT2D eigenvalue weighted by molar-refractivity contribution is -0.123. The van der Waals surface area contributed by atoms with Crippen LogP contribution >= 0.6 is 50.9 Å². The molecule has 0 atom stereocenters. The average Bonchev–Trinajstić information content (AvgIpc) is 3.39. The molecule has 10 heteroatoms. The van der Waals surface area contributed by atoms with E-state index >= 15 is 0 Å². The smallest absolute Gasteiger partial charge is 0.293 e. The summed E-state index contributed by atoms with van der Waals surface area (Å²) in [6, 6.07) is 16.2. The van der Waals surface area contributed by atoms with Gasteiger partial charge in [0.25, 0.3) is 11.1 Å². The largest absolute Gasteiger partial charge is 0.488 e. The standard InChI is InChI=1S/C25H16BrCl2NO5S/c26-18-7-15(3-6-20(18)32-12-14-1-4-17(27)5-2-14)8-23-24(30)29(25(31)35-23)11-16-9-21-22(10-19(16)28)34-13-33-21/h1-10H,11-13H2/b23-8-. The summed E-state index contributed by atoms with van der Waals surface area (Å²) in [7, 11) is 0. The van der Waals surface area contributed by atoms with Crippen molar-refractivity contribution in [3.63, 3.8) is 0 Å². The molecule has 0 aliphatic carbocycles.